The maximum absolute atomic E-state index is 11.8. The Morgan fingerprint density at radius 2 is 2.14 bits per heavy atom. The van der Waals surface area contributed by atoms with Gasteiger partial charge in [-0.2, -0.15) is 0 Å². The van der Waals surface area contributed by atoms with E-state index in [1.165, 1.54) is 0 Å². The molecule has 0 radical (unpaired) electrons. The number of methoxy groups -OCH3 is 1. The Hall–Kier alpha value is -1.59. The minimum atomic E-state index is 0.0169. The first-order chi connectivity index (χ1) is 10.5. The Kier molecular flexibility index (Phi) is 8.55. The predicted molar refractivity (Wildman–Crippen MR) is 87.9 cm³/mol. The lowest BCUT2D eigenvalue weighted by atomic mass is 10.1. The number of benzene rings is 1. The van der Waals surface area contributed by atoms with Crippen LogP contribution in [0, 0.1) is 6.92 Å². The van der Waals surface area contributed by atoms with Crippen molar-refractivity contribution in [1.82, 2.24) is 5.32 Å². The SMILES string of the molecule is COCCCOc1cc(C)ccc1CNC(=O)CCC(C)N. The van der Waals surface area contributed by atoms with Gasteiger partial charge < -0.3 is 20.5 Å². The second-order valence-corrected chi connectivity index (χ2v) is 5.60. The third kappa shape index (κ3) is 7.43. The number of carbonyl (C=O) groups excluding carboxylic acids is 1. The Morgan fingerprint density at radius 1 is 1.36 bits per heavy atom. The lowest BCUT2D eigenvalue weighted by molar-refractivity contribution is -0.121. The fourth-order valence-electron chi connectivity index (χ4n) is 1.97. The molecule has 0 aliphatic rings. The number of aryl methyl sites for hydroxylation is 1. The second kappa shape index (κ2) is 10.2. The molecule has 1 aromatic rings. The van der Waals surface area contributed by atoms with Crippen LogP contribution < -0.4 is 15.8 Å². The number of rotatable bonds is 10. The molecular formula is C17H28N2O3. The largest absolute Gasteiger partial charge is 0.493 e. The first-order valence-electron chi connectivity index (χ1n) is 7.76. The van der Waals surface area contributed by atoms with E-state index in [9.17, 15) is 4.79 Å². The molecule has 5 nitrogen and oxygen atoms in total. The lowest BCUT2D eigenvalue weighted by Gasteiger charge is -2.13. The number of amides is 1. The molecule has 1 unspecified atom stereocenters. The van der Waals surface area contributed by atoms with Crippen LogP contribution in [-0.4, -0.2) is 32.3 Å². The van der Waals surface area contributed by atoms with Gasteiger partial charge in [0.15, 0.2) is 0 Å². The predicted octanol–water partition coefficient (Wildman–Crippen LogP) is 2.15. The molecule has 0 saturated carbocycles. The van der Waals surface area contributed by atoms with Crippen molar-refractivity contribution in [3.8, 4) is 5.75 Å². The van der Waals surface area contributed by atoms with Crippen molar-refractivity contribution >= 4 is 5.91 Å². The topological polar surface area (TPSA) is 73.6 Å². The van der Waals surface area contributed by atoms with Gasteiger partial charge in [0.05, 0.1) is 6.61 Å². The highest BCUT2D eigenvalue weighted by atomic mass is 16.5. The first-order valence-corrected chi connectivity index (χ1v) is 7.76. The van der Waals surface area contributed by atoms with Crippen molar-refractivity contribution in [1.29, 1.82) is 0 Å². The number of hydrogen-bond donors (Lipinski definition) is 2. The van der Waals surface area contributed by atoms with Gasteiger partial charge in [-0.25, -0.2) is 0 Å². The molecule has 0 aromatic heterocycles. The molecule has 1 amide bonds. The van der Waals surface area contributed by atoms with E-state index in [1.54, 1.807) is 7.11 Å². The van der Waals surface area contributed by atoms with Crippen molar-refractivity contribution < 1.29 is 14.3 Å². The summed E-state index contributed by atoms with van der Waals surface area (Å²) in [6.07, 6.45) is 1.98. The molecule has 1 aromatic carbocycles. The fourth-order valence-corrected chi connectivity index (χ4v) is 1.97. The number of ether oxygens (including phenoxy) is 2. The highest BCUT2D eigenvalue weighted by molar-refractivity contribution is 5.75. The normalized spacial score (nSPS) is 12.0. The van der Waals surface area contributed by atoms with Crippen molar-refractivity contribution in [2.75, 3.05) is 20.3 Å². The van der Waals surface area contributed by atoms with E-state index in [4.69, 9.17) is 15.2 Å². The third-order valence-corrected chi connectivity index (χ3v) is 3.28. The van der Waals surface area contributed by atoms with E-state index in [0.29, 0.717) is 32.6 Å². The number of hydrogen-bond acceptors (Lipinski definition) is 4. The van der Waals surface area contributed by atoms with Gasteiger partial charge in [-0.15, -0.1) is 0 Å². The van der Waals surface area contributed by atoms with Gasteiger partial charge in [0, 0.05) is 44.7 Å². The molecular weight excluding hydrogens is 280 g/mol. The zero-order valence-electron chi connectivity index (χ0n) is 13.9. The molecule has 0 spiro atoms. The summed E-state index contributed by atoms with van der Waals surface area (Å²) in [6.45, 7) is 5.67. The summed E-state index contributed by atoms with van der Waals surface area (Å²) in [5.41, 5.74) is 7.77. The Balaban J connectivity index is 2.52. The summed E-state index contributed by atoms with van der Waals surface area (Å²) in [5.74, 6) is 0.840. The van der Waals surface area contributed by atoms with E-state index < -0.39 is 0 Å². The molecule has 0 aliphatic carbocycles. The first kappa shape index (κ1) is 18.5. The monoisotopic (exact) mass is 308 g/mol. The second-order valence-electron chi connectivity index (χ2n) is 5.60. The smallest absolute Gasteiger partial charge is 0.220 e. The Morgan fingerprint density at radius 3 is 2.82 bits per heavy atom. The lowest BCUT2D eigenvalue weighted by Crippen LogP contribution is -2.25. The van der Waals surface area contributed by atoms with Crippen molar-refractivity contribution in [3.05, 3.63) is 29.3 Å². The zero-order valence-corrected chi connectivity index (χ0v) is 13.9. The quantitative estimate of drug-likeness (QED) is 0.650. The highest BCUT2D eigenvalue weighted by Crippen LogP contribution is 2.20. The molecule has 0 heterocycles. The standard InChI is InChI=1S/C17H28N2O3/c1-13-5-7-15(12-19-17(20)8-6-14(2)18)16(11-13)22-10-4-9-21-3/h5,7,11,14H,4,6,8-10,12,18H2,1-3H3,(H,19,20). The molecule has 0 saturated heterocycles. The Bertz CT molecular complexity index is 461. The van der Waals surface area contributed by atoms with Gasteiger partial charge in [-0.1, -0.05) is 12.1 Å². The van der Waals surface area contributed by atoms with Crippen LogP contribution in [0.25, 0.3) is 0 Å². The maximum atomic E-state index is 11.8. The summed E-state index contributed by atoms with van der Waals surface area (Å²) >= 11 is 0. The molecule has 1 atom stereocenters. The van der Waals surface area contributed by atoms with Crippen LogP contribution >= 0.6 is 0 Å². The highest BCUT2D eigenvalue weighted by Gasteiger charge is 2.07. The van der Waals surface area contributed by atoms with Gasteiger partial charge in [-0.05, 0) is 31.9 Å². The van der Waals surface area contributed by atoms with Crippen molar-refractivity contribution in [3.63, 3.8) is 0 Å². The van der Waals surface area contributed by atoms with Crippen LogP contribution in [0.15, 0.2) is 18.2 Å². The van der Waals surface area contributed by atoms with Crippen LogP contribution in [0.3, 0.4) is 0 Å². The summed E-state index contributed by atoms with van der Waals surface area (Å²) in [6, 6.07) is 6.05. The Labute approximate surface area is 133 Å². The summed E-state index contributed by atoms with van der Waals surface area (Å²) in [5, 5.41) is 2.92. The van der Waals surface area contributed by atoms with Gasteiger partial charge in [-0.3, -0.25) is 4.79 Å². The zero-order chi connectivity index (χ0) is 16.4. The number of nitrogens with one attached hydrogen (secondary N) is 1. The number of nitrogens with two attached hydrogens (primary N) is 1. The van der Waals surface area contributed by atoms with E-state index >= 15 is 0 Å². The molecule has 0 bridgehead atoms. The van der Waals surface area contributed by atoms with E-state index in [-0.39, 0.29) is 11.9 Å². The maximum Gasteiger partial charge on any atom is 0.220 e. The van der Waals surface area contributed by atoms with Gasteiger partial charge in [0.25, 0.3) is 0 Å². The molecule has 0 fully saturated rings. The molecule has 0 aliphatic heterocycles. The van der Waals surface area contributed by atoms with Crippen LogP contribution in [0.5, 0.6) is 5.75 Å². The van der Waals surface area contributed by atoms with E-state index in [1.807, 2.05) is 32.0 Å². The van der Waals surface area contributed by atoms with Gasteiger partial charge in [0.1, 0.15) is 5.75 Å². The van der Waals surface area contributed by atoms with Gasteiger partial charge >= 0.3 is 0 Å². The fraction of sp³-hybridized carbons (Fsp3) is 0.588. The van der Waals surface area contributed by atoms with Crippen molar-refractivity contribution in [2.45, 2.75) is 45.7 Å². The minimum absolute atomic E-state index is 0.0169. The van der Waals surface area contributed by atoms with Crippen LogP contribution in [-0.2, 0) is 16.1 Å². The average Bonchev–Trinajstić information content (AvgIpc) is 2.48. The molecule has 3 N–H and O–H groups in total. The van der Waals surface area contributed by atoms with Gasteiger partial charge in [0.2, 0.25) is 5.91 Å². The summed E-state index contributed by atoms with van der Waals surface area (Å²) < 4.78 is 10.8. The van der Waals surface area contributed by atoms with Crippen molar-refractivity contribution in [2.24, 2.45) is 5.73 Å². The summed E-state index contributed by atoms with van der Waals surface area (Å²) in [7, 11) is 1.68. The molecule has 5 heteroatoms. The molecule has 1 rings (SSSR count). The van der Waals surface area contributed by atoms with Crippen LogP contribution in [0.4, 0.5) is 0 Å². The average molecular weight is 308 g/mol. The summed E-state index contributed by atoms with van der Waals surface area (Å²) in [4.78, 5) is 11.8. The van der Waals surface area contributed by atoms with E-state index in [0.717, 1.165) is 23.3 Å². The van der Waals surface area contributed by atoms with Crippen LogP contribution in [0.2, 0.25) is 0 Å². The van der Waals surface area contributed by atoms with E-state index in [2.05, 4.69) is 5.32 Å². The third-order valence-electron chi connectivity index (χ3n) is 3.28. The molecule has 22 heavy (non-hydrogen) atoms. The molecule has 124 valence electrons. The number of carbonyl (C=O) groups is 1. The minimum Gasteiger partial charge on any atom is -0.493 e. The van der Waals surface area contributed by atoms with Crippen LogP contribution in [0.1, 0.15) is 37.3 Å².